The third-order valence-corrected chi connectivity index (χ3v) is 5.67. The van der Waals surface area contributed by atoms with Crippen LogP contribution < -0.4 is 4.74 Å². The quantitative estimate of drug-likeness (QED) is 0.704. The molecule has 133 valence electrons. The minimum Gasteiger partial charge on any atom is -0.654 e. The van der Waals surface area contributed by atoms with Crippen molar-refractivity contribution < 1.29 is 42.2 Å². The predicted octanol–water partition coefficient (Wildman–Crippen LogP) is 4.87. The summed E-state index contributed by atoms with van der Waals surface area (Å²) < 4.78 is 6.36. The van der Waals surface area contributed by atoms with Gasteiger partial charge in [-0.1, -0.05) is 45.4 Å². The molecule has 1 aromatic carbocycles. The Bertz CT molecular complexity index is 723. The Balaban J connectivity index is 0.00000225. The van der Waals surface area contributed by atoms with Crippen molar-refractivity contribution in [3.05, 3.63) is 45.8 Å². The van der Waals surface area contributed by atoms with Gasteiger partial charge in [-0.3, -0.25) is 4.79 Å². The third-order valence-electron chi connectivity index (χ3n) is 5.67. The molecule has 3 rings (SSSR count). The van der Waals surface area contributed by atoms with Crippen LogP contribution in [0, 0.1) is 13.8 Å². The number of ketones is 1. The number of hydrogen-bond donors (Lipinski definition) is 0. The van der Waals surface area contributed by atoms with Gasteiger partial charge >= 0.3 is 0 Å². The number of aryl methyl sites for hydroxylation is 2. The minimum absolute atomic E-state index is 0. The maximum Gasteiger partial charge on any atom is 0.159 e. The van der Waals surface area contributed by atoms with Crippen LogP contribution >= 0.6 is 0 Å². The fourth-order valence-electron chi connectivity index (χ4n) is 4.67. The Morgan fingerprint density at radius 2 is 1.96 bits per heavy atom. The molecule has 0 fully saturated rings. The first-order chi connectivity index (χ1) is 11.3. The van der Waals surface area contributed by atoms with Crippen molar-refractivity contribution in [2.45, 2.75) is 71.4 Å². The van der Waals surface area contributed by atoms with Gasteiger partial charge in [-0.05, 0) is 37.5 Å². The van der Waals surface area contributed by atoms with Crippen molar-refractivity contribution in [1.82, 2.24) is 0 Å². The number of nitrogens with zero attached hydrogens (tertiary/aromatic N) is 1. The molecule has 0 saturated carbocycles. The summed E-state index contributed by atoms with van der Waals surface area (Å²) in [5.74, 6) is 1.13. The molecule has 1 aliphatic heterocycles. The Morgan fingerprint density at radius 1 is 1.28 bits per heavy atom. The molecule has 0 saturated heterocycles. The van der Waals surface area contributed by atoms with Crippen LogP contribution in [0.2, 0.25) is 0 Å². The average molecular weight is 415 g/mol. The molecule has 3 nitrogen and oxygen atoms in total. The van der Waals surface area contributed by atoms with Crippen LogP contribution in [-0.4, -0.2) is 18.4 Å². The Morgan fingerprint density at radius 3 is 2.56 bits per heavy atom. The van der Waals surface area contributed by atoms with E-state index in [1.54, 1.807) is 6.08 Å². The molecule has 0 amide bonds. The molecule has 4 heteroatoms. The summed E-state index contributed by atoms with van der Waals surface area (Å²) in [4.78, 5) is 12.0. The summed E-state index contributed by atoms with van der Waals surface area (Å²) >= 11 is 0. The van der Waals surface area contributed by atoms with Gasteiger partial charge in [0, 0.05) is 44.7 Å². The molecule has 1 aromatic rings. The van der Waals surface area contributed by atoms with Crippen LogP contribution in [0.15, 0.2) is 18.2 Å². The van der Waals surface area contributed by atoms with Crippen molar-refractivity contribution in [2.75, 3.05) is 6.54 Å². The normalized spacial score (nSPS) is 24.4. The molecular formula is C21H28NO2Y-. The summed E-state index contributed by atoms with van der Waals surface area (Å²) in [5.41, 5.74) is 4.46. The second kappa shape index (κ2) is 7.25. The Hall–Kier alpha value is -0.506. The van der Waals surface area contributed by atoms with E-state index >= 15 is 0 Å². The number of hydrogen-bond acceptors (Lipinski definition) is 2. The van der Waals surface area contributed by atoms with Crippen LogP contribution in [-0.2, 0) is 48.5 Å². The van der Waals surface area contributed by atoms with Gasteiger partial charge in [0.1, 0.15) is 11.9 Å². The molecule has 0 bridgehead atoms. The number of carbonyl (C=O) groups excluding carboxylic acids is 1. The maximum atomic E-state index is 12.0. The van der Waals surface area contributed by atoms with Crippen LogP contribution in [0.4, 0.5) is 0 Å². The molecule has 2 unspecified atom stereocenters. The first-order valence-electron chi connectivity index (χ1n) is 8.99. The van der Waals surface area contributed by atoms with Gasteiger partial charge in [-0.25, -0.2) is 0 Å². The molecule has 2 aliphatic rings. The summed E-state index contributed by atoms with van der Waals surface area (Å²) in [6, 6.07) is 2.20. The number of ether oxygens (including phenoxy) is 1. The first-order valence-corrected chi connectivity index (χ1v) is 8.99. The molecule has 0 spiro atoms. The maximum absolute atomic E-state index is 12.0. The van der Waals surface area contributed by atoms with E-state index in [1.807, 2.05) is 0 Å². The van der Waals surface area contributed by atoms with E-state index in [2.05, 4.69) is 53.7 Å². The second-order valence-electron chi connectivity index (χ2n) is 7.63. The molecule has 0 aromatic heterocycles. The van der Waals surface area contributed by atoms with Crippen LogP contribution in [0.5, 0.6) is 5.75 Å². The van der Waals surface area contributed by atoms with E-state index in [0.29, 0.717) is 6.42 Å². The molecule has 25 heavy (non-hydrogen) atoms. The van der Waals surface area contributed by atoms with Gasteiger partial charge in [0.05, 0.1) is 5.41 Å². The van der Waals surface area contributed by atoms with E-state index in [4.69, 9.17) is 10.1 Å². The van der Waals surface area contributed by atoms with E-state index in [1.165, 1.54) is 16.7 Å². The van der Waals surface area contributed by atoms with Gasteiger partial charge in [0.2, 0.25) is 0 Å². The summed E-state index contributed by atoms with van der Waals surface area (Å²) in [6.07, 6.45) is 5.14. The second-order valence-corrected chi connectivity index (χ2v) is 7.63. The molecular weight excluding hydrogens is 387 g/mol. The van der Waals surface area contributed by atoms with Crippen molar-refractivity contribution in [2.24, 2.45) is 0 Å². The number of benzene rings is 1. The van der Waals surface area contributed by atoms with Crippen molar-refractivity contribution in [3.63, 3.8) is 0 Å². The Kier molecular flexibility index (Phi) is 6.03. The van der Waals surface area contributed by atoms with Crippen LogP contribution in [0.1, 0.15) is 62.8 Å². The molecule has 1 heterocycles. The van der Waals surface area contributed by atoms with E-state index in [-0.39, 0.29) is 55.6 Å². The SMILES string of the molecule is CC[N-]C(C)(C)c1c(C)cc(C)c2c1C1(CC)C=CC(=O)CC1O2.[Y]. The van der Waals surface area contributed by atoms with Crippen molar-refractivity contribution >= 4 is 5.78 Å². The fraction of sp³-hybridized carbons (Fsp3) is 0.571. The Labute approximate surface area is 176 Å². The zero-order valence-corrected chi connectivity index (χ0v) is 19.1. The largest absolute Gasteiger partial charge is 0.654 e. The van der Waals surface area contributed by atoms with Crippen molar-refractivity contribution in [1.29, 1.82) is 0 Å². The summed E-state index contributed by atoms with van der Waals surface area (Å²) in [6.45, 7) is 13.7. The zero-order valence-electron chi connectivity index (χ0n) is 16.3. The number of allylic oxidation sites excluding steroid dienone is 1. The van der Waals surface area contributed by atoms with Gasteiger partial charge < -0.3 is 10.1 Å². The number of rotatable bonds is 4. The molecule has 2 atom stereocenters. The van der Waals surface area contributed by atoms with Crippen molar-refractivity contribution in [3.8, 4) is 5.75 Å². The topological polar surface area (TPSA) is 40.4 Å². The first kappa shape index (κ1) is 20.8. The fourth-order valence-corrected chi connectivity index (χ4v) is 4.67. The van der Waals surface area contributed by atoms with Gasteiger partial charge in [-0.2, -0.15) is 6.54 Å². The number of carbonyl (C=O) groups is 1. The van der Waals surface area contributed by atoms with E-state index < -0.39 is 0 Å². The summed E-state index contributed by atoms with van der Waals surface area (Å²) in [7, 11) is 0. The van der Waals surface area contributed by atoms with Gasteiger partial charge in [0.15, 0.2) is 5.78 Å². The third kappa shape index (κ3) is 3.17. The smallest absolute Gasteiger partial charge is 0.159 e. The van der Waals surface area contributed by atoms with Crippen LogP contribution in [0.25, 0.3) is 5.32 Å². The zero-order chi connectivity index (χ0) is 17.7. The number of fused-ring (bicyclic) bond motifs is 3. The average Bonchev–Trinajstić information content (AvgIpc) is 2.82. The predicted molar refractivity (Wildman–Crippen MR) is 98.0 cm³/mol. The van der Waals surface area contributed by atoms with Gasteiger partial charge in [-0.15, -0.1) is 5.54 Å². The monoisotopic (exact) mass is 415 g/mol. The van der Waals surface area contributed by atoms with Crippen LogP contribution in [0.3, 0.4) is 0 Å². The molecule has 1 radical (unpaired) electrons. The molecule has 0 N–H and O–H groups in total. The van der Waals surface area contributed by atoms with E-state index in [9.17, 15) is 4.79 Å². The standard InChI is InChI=1S/C21H28NO2.Y/c1-7-21-10-9-15(23)12-16(21)24-19-14(4)11-13(3)17(18(19)21)20(5,6)22-8-2;/h9-11,16H,7-8,12H2,1-6H3;/q-1;. The molecule has 1 aliphatic carbocycles. The van der Waals surface area contributed by atoms with Gasteiger partial charge in [0.25, 0.3) is 0 Å². The summed E-state index contributed by atoms with van der Waals surface area (Å²) in [5, 5.41) is 4.87. The minimum atomic E-state index is -0.271. The van der Waals surface area contributed by atoms with E-state index in [0.717, 1.165) is 24.3 Å².